The number of carbonyl (C=O) groups is 1. The number of benzene rings is 2. The Balaban J connectivity index is 2.01. The molecule has 0 saturated carbocycles. The third-order valence-corrected chi connectivity index (χ3v) is 4.00. The van der Waals surface area contributed by atoms with E-state index in [1.54, 1.807) is 19.1 Å². The Hall–Kier alpha value is -2.86. The van der Waals surface area contributed by atoms with E-state index in [0.29, 0.717) is 31.2 Å². The van der Waals surface area contributed by atoms with Crippen molar-refractivity contribution in [2.45, 2.75) is 26.0 Å². The lowest BCUT2D eigenvalue weighted by Crippen LogP contribution is -2.44. The standard InChI is InChI=1S/C20H26N4O2/c1-3-22-19(23-13-15-9-11-16(12-10-15)18(21)25)24-14-20(2,26)17-7-5-4-6-8-17/h4-12,26H,3,13-14H2,1-2H3,(H2,21,25)(H2,22,23,24). The van der Waals surface area contributed by atoms with Crippen molar-refractivity contribution in [3.05, 3.63) is 71.3 Å². The first-order chi connectivity index (χ1) is 12.4. The molecule has 138 valence electrons. The zero-order valence-electron chi connectivity index (χ0n) is 15.2. The van der Waals surface area contributed by atoms with Gasteiger partial charge in [-0.15, -0.1) is 0 Å². The fraction of sp³-hybridized carbons (Fsp3) is 0.300. The quantitative estimate of drug-likeness (QED) is 0.449. The second kappa shape index (κ2) is 9.01. The predicted molar refractivity (Wildman–Crippen MR) is 104 cm³/mol. The van der Waals surface area contributed by atoms with E-state index in [1.165, 1.54) is 0 Å². The summed E-state index contributed by atoms with van der Waals surface area (Å²) >= 11 is 0. The summed E-state index contributed by atoms with van der Waals surface area (Å²) in [7, 11) is 0. The first-order valence-corrected chi connectivity index (χ1v) is 8.61. The molecule has 0 heterocycles. The molecule has 1 atom stereocenters. The molecular formula is C20H26N4O2. The van der Waals surface area contributed by atoms with Gasteiger partial charge in [0.25, 0.3) is 0 Å². The predicted octanol–water partition coefficient (Wildman–Crippen LogP) is 1.75. The smallest absolute Gasteiger partial charge is 0.248 e. The summed E-state index contributed by atoms with van der Waals surface area (Å²) in [6.45, 7) is 5.22. The number of nitrogens with zero attached hydrogens (tertiary/aromatic N) is 1. The number of guanidine groups is 1. The molecule has 0 spiro atoms. The van der Waals surface area contributed by atoms with Gasteiger partial charge in [0.2, 0.25) is 5.91 Å². The van der Waals surface area contributed by atoms with Gasteiger partial charge < -0.3 is 21.5 Å². The fourth-order valence-corrected chi connectivity index (χ4v) is 2.44. The molecule has 6 nitrogen and oxygen atoms in total. The molecule has 2 aromatic rings. The molecule has 5 N–H and O–H groups in total. The number of primary amides is 1. The minimum absolute atomic E-state index is 0.323. The number of carbonyl (C=O) groups excluding carboxylic acids is 1. The lowest BCUT2D eigenvalue weighted by atomic mass is 9.96. The molecule has 1 amide bonds. The summed E-state index contributed by atoms with van der Waals surface area (Å²) < 4.78 is 0. The highest BCUT2D eigenvalue weighted by molar-refractivity contribution is 5.92. The molecule has 2 rings (SSSR count). The number of nitrogens with one attached hydrogen (secondary N) is 2. The van der Waals surface area contributed by atoms with E-state index in [0.717, 1.165) is 11.1 Å². The third kappa shape index (κ3) is 5.60. The molecule has 26 heavy (non-hydrogen) atoms. The Bertz CT molecular complexity index is 740. The monoisotopic (exact) mass is 354 g/mol. The minimum atomic E-state index is -1.01. The Morgan fingerprint density at radius 2 is 1.77 bits per heavy atom. The second-order valence-electron chi connectivity index (χ2n) is 6.25. The van der Waals surface area contributed by atoms with Crippen LogP contribution in [0.1, 0.15) is 35.3 Å². The zero-order chi connectivity index (χ0) is 19.0. The van der Waals surface area contributed by atoms with Crippen LogP contribution in [0.4, 0.5) is 0 Å². The molecular weight excluding hydrogens is 328 g/mol. The van der Waals surface area contributed by atoms with E-state index in [1.807, 2.05) is 49.4 Å². The van der Waals surface area contributed by atoms with Crippen molar-refractivity contribution in [1.82, 2.24) is 10.6 Å². The van der Waals surface area contributed by atoms with Gasteiger partial charge in [-0.1, -0.05) is 42.5 Å². The summed E-state index contributed by atoms with van der Waals surface area (Å²) in [6, 6.07) is 16.5. The first-order valence-electron chi connectivity index (χ1n) is 8.61. The van der Waals surface area contributed by atoms with Crippen LogP contribution in [0.5, 0.6) is 0 Å². The SMILES string of the molecule is CCNC(=NCc1ccc(C(N)=O)cc1)NCC(C)(O)c1ccccc1. The average Bonchev–Trinajstić information content (AvgIpc) is 2.65. The lowest BCUT2D eigenvalue weighted by molar-refractivity contribution is 0.0617. The van der Waals surface area contributed by atoms with E-state index in [-0.39, 0.29) is 0 Å². The van der Waals surface area contributed by atoms with Crippen LogP contribution < -0.4 is 16.4 Å². The fourth-order valence-electron chi connectivity index (χ4n) is 2.44. The minimum Gasteiger partial charge on any atom is -0.384 e. The van der Waals surface area contributed by atoms with E-state index in [2.05, 4.69) is 15.6 Å². The molecule has 0 bridgehead atoms. The van der Waals surface area contributed by atoms with Crippen LogP contribution in [0.3, 0.4) is 0 Å². The van der Waals surface area contributed by atoms with Gasteiger partial charge in [0.1, 0.15) is 5.60 Å². The van der Waals surface area contributed by atoms with Gasteiger partial charge in [0, 0.05) is 12.1 Å². The van der Waals surface area contributed by atoms with Crippen molar-refractivity contribution in [2.75, 3.05) is 13.1 Å². The highest BCUT2D eigenvalue weighted by Gasteiger charge is 2.22. The number of aliphatic hydroxyl groups is 1. The lowest BCUT2D eigenvalue weighted by Gasteiger charge is -2.25. The zero-order valence-corrected chi connectivity index (χ0v) is 15.2. The highest BCUT2D eigenvalue weighted by Crippen LogP contribution is 2.18. The maximum Gasteiger partial charge on any atom is 0.248 e. The molecule has 2 aromatic carbocycles. The van der Waals surface area contributed by atoms with E-state index >= 15 is 0 Å². The molecule has 0 fully saturated rings. The largest absolute Gasteiger partial charge is 0.384 e. The van der Waals surface area contributed by atoms with E-state index in [9.17, 15) is 9.90 Å². The van der Waals surface area contributed by atoms with Gasteiger partial charge in [-0.2, -0.15) is 0 Å². The Morgan fingerprint density at radius 3 is 2.35 bits per heavy atom. The first kappa shape index (κ1) is 19.5. The number of aliphatic imine (C=N–C) groups is 1. The van der Waals surface area contributed by atoms with Crippen LogP contribution in [-0.2, 0) is 12.1 Å². The van der Waals surface area contributed by atoms with Gasteiger partial charge in [0.15, 0.2) is 5.96 Å². The Morgan fingerprint density at radius 1 is 1.12 bits per heavy atom. The van der Waals surface area contributed by atoms with E-state index in [4.69, 9.17) is 5.73 Å². The van der Waals surface area contributed by atoms with Gasteiger partial charge in [-0.05, 0) is 37.1 Å². The summed E-state index contributed by atoms with van der Waals surface area (Å²) in [6.07, 6.45) is 0. The average molecular weight is 354 g/mol. The van der Waals surface area contributed by atoms with Gasteiger partial charge >= 0.3 is 0 Å². The summed E-state index contributed by atoms with van der Waals surface area (Å²) in [5.74, 6) is 0.167. The van der Waals surface area contributed by atoms with Crippen LogP contribution in [0.25, 0.3) is 0 Å². The number of amides is 1. The maximum atomic E-state index is 11.1. The Labute approximate surface area is 154 Å². The van der Waals surface area contributed by atoms with Crippen molar-refractivity contribution in [3.63, 3.8) is 0 Å². The second-order valence-corrected chi connectivity index (χ2v) is 6.25. The molecule has 1 unspecified atom stereocenters. The molecule has 0 aliphatic rings. The number of nitrogens with two attached hydrogens (primary N) is 1. The van der Waals surface area contributed by atoms with Crippen LogP contribution in [-0.4, -0.2) is 30.1 Å². The summed E-state index contributed by atoms with van der Waals surface area (Å²) in [5.41, 5.74) is 6.50. The van der Waals surface area contributed by atoms with Crippen LogP contribution in [0.15, 0.2) is 59.6 Å². The molecule has 6 heteroatoms. The molecule has 0 radical (unpaired) electrons. The number of rotatable bonds is 7. The van der Waals surface area contributed by atoms with Crippen molar-refractivity contribution in [3.8, 4) is 0 Å². The van der Waals surface area contributed by atoms with Gasteiger partial charge in [-0.25, -0.2) is 4.99 Å². The van der Waals surface area contributed by atoms with Gasteiger partial charge in [0.05, 0.1) is 13.1 Å². The highest BCUT2D eigenvalue weighted by atomic mass is 16.3. The van der Waals surface area contributed by atoms with Crippen LogP contribution >= 0.6 is 0 Å². The van der Waals surface area contributed by atoms with Crippen LogP contribution in [0, 0.1) is 0 Å². The maximum absolute atomic E-state index is 11.1. The number of hydrogen-bond acceptors (Lipinski definition) is 3. The third-order valence-electron chi connectivity index (χ3n) is 4.00. The number of hydrogen-bond donors (Lipinski definition) is 4. The summed E-state index contributed by atoms with van der Waals surface area (Å²) in [4.78, 5) is 15.6. The Kier molecular flexibility index (Phi) is 6.74. The molecule has 0 aromatic heterocycles. The van der Waals surface area contributed by atoms with Crippen molar-refractivity contribution < 1.29 is 9.90 Å². The summed E-state index contributed by atoms with van der Waals surface area (Å²) in [5, 5.41) is 17.0. The van der Waals surface area contributed by atoms with Gasteiger partial charge in [-0.3, -0.25) is 4.79 Å². The normalized spacial score (nSPS) is 13.7. The molecule has 0 aliphatic carbocycles. The molecule has 0 aliphatic heterocycles. The van der Waals surface area contributed by atoms with Crippen LogP contribution in [0.2, 0.25) is 0 Å². The topological polar surface area (TPSA) is 99.7 Å². The molecule has 0 saturated heterocycles. The van der Waals surface area contributed by atoms with E-state index < -0.39 is 11.5 Å². The van der Waals surface area contributed by atoms with Crippen molar-refractivity contribution in [1.29, 1.82) is 0 Å². The van der Waals surface area contributed by atoms with Crippen molar-refractivity contribution in [2.24, 2.45) is 10.7 Å². The van der Waals surface area contributed by atoms with Crippen molar-refractivity contribution >= 4 is 11.9 Å².